The van der Waals surface area contributed by atoms with Crippen LogP contribution in [0.2, 0.25) is 0 Å². The van der Waals surface area contributed by atoms with Crippen molar-refractivity contribution in [1.29, 1.82) is 0 Å². The smallest absolute Gasteiger partial charge is 0.417 e. The van der Waals surface area contributed by atoms with E-state index in [1.54, 1.807) is 0 Å². The fraction of sp³-hybridized carbons (Fsp3) is 0.167. The number of ether oxygens (including phenoxy) is 1. The molecule has 0 aromatic carbocycles. The summed E-state index contributed by atoms with van der Waals surface area (Å²) in [5.41, 5.74) is -1.83. The van der Waals surface area contributed by atoms with E-state index in [-0.39, 0.29) is 11.6 Å². The van der Waals surface area contributed by atoms with Crippen molar-refractivity contribution in [2.75, 3.05) is 7.11 Å². The number of alkyl halides is 3. The maximum atomic E-state index is 12.8. The van der Waals surface area contributed by atoms with Gasteiger partial charge in [0.05, 0.1) is 18.2 Å². The van der Waals surface area contributed by atoms with Crippen LogP contribution in [-0.4, -0.2) is 27.8 Å². The molecule has 0 saturated carbocycles. The van der Waals surface area contributed by atoms with E-state index >= 15 is 0 Å². The average Bonchev–Trinajstić information content (AvgIpc) is 2.45. The first-order valence-corrected chi connectivity index (χ1v) is 5.35. The summed E-state index contributed by atoms with van der Waals surface area (Å²) in [6.07, 6.45) is -1.78. The Kier molecular flexibility index (Phi) is 3.64. The Morgan fingerprint density at radius 3 is 2.70 bits per heavy atom. The van der Waals surface area contributed by atoms with Gasteiger partial charge in [-0.05, 0) is 6.07 Å². The van der Waals surface area contributed by atoms with Crippen molar-refractivity contribution in [2.45, 2.75) is 6.18 Å². The minimum atomic E-state index is -4.65. The van der Waals surface area contributed by atoms with Gasteiger partial charge in [-0.2, -0.15) is 13.2 Å². The first-order valence-electron chi connectivity index (χ1n) is 5.35. The molecule has 2 rings (SSSR count). The highest BCUT2D eigenvalue weighted by Gasteiger charge is 2.35. The highest BCUT2D eigenvalue weighted by atomic mass is 19.4. The highest BCUT2D eigenvalue weighted by molar-refractivity contribution is 6.08. The topological polar surface area (TPSA) is 65.0 Å². The molecule has 2 aromatic rings. The number of aromatic nitrogens is 3. The summed E-state index contributed by atoms with van der Waals surface area (Å²) >= 11 is 0. The largest absolute Gasteiger partial charge is 0.481 e. The molecule has 0 aliphatic rings. The SMILES string of the molecule is COc1cc(C(=O)c2cnccc2C(F)(F)F)ncn1. The van der Waals surface area contributed by atoms with Crippen LogP contribution in [0.15, 0.2) is 30.9 Å². The van der Waals surface area contributed by atoms with Gasteiger partial charge in [0, 0.05) is 18.5 Å². The first kappa shape index (κ1) is 13.9. The number of halogens is 3. The molecular formula is C12H8F3N3O2. The van der Waals surface area contributed by atoms with E-state index in [4.69, 9.17) is 4.74 Å². The number of rotatable bonds is 3. The highest BCUT2D eigenvalue weighted by Crippen LogP contribution is 2.32. The third-order valence-corrected chi connectivity index (χ3v) is 2.45. The second kappa shape index (κ2) is 5.24. The zero-order chi connectivity index (χ0) is 14.8. The summed E-state index contributed by atoms with van der Waals surface area (Å²) < 4.78 is 43.3. The second-order valence-electron chi connectivity index (χ2n) is 3.69. The van der Waals surface area contributed by atoms with Crippen molar-refractivity contribution in [2.24, 2.45) is 0 Å². The molecule has 0 fully saturated rings. The summed E-state index contributed by atoms with van der Waals surface area (Å²) in [5, 5.41) is 0. The van der Waals surface area contributed by atoms with Crippen molar-refractivity contribution in [3.8, 4) is 5.88 Å². The quantitative estimate of drug-likeness (QED) is 0.807. The van der Waals surface area contributed by atoms with Crippen LogP contribution >= 0.6 is 0 Å². The van der Waals surface area contributed by atoms with Gasteiger partial charge in [0.25, 0.3) is 0 Å². The molecule has 0 saturated heterocycles. The molecule has 2 heterocycles. The van der Waals surface area contributed by atoms with Crippen LogP contribution in [0.25, 0.3) is 0 Å². The van der Waals surface area contributed by atoms with Gasteiger partial charge in [-0.15, -0.1) is 0 Å². The molecule has 0 N–H and O–H groups in total. The van der Waals surface area contributed by atoms with Gasteiger partial charge in [0.2, 0.25) is 11.7 Å². The molecule has 8 heteroatoms. The van der Waals surface area contributed by atoms with Crippen molar-refractivity contribution in [1.82, 2.24) is 15.0 Å². The molecule has 104 valence electrons. The Labute approximate surface area is 111 Å². The van der Waals surface area contributed by atoms with Crippen molar-refractivity contribution < 1.29 is 22.7 Å². The molecule has 20 heavy (non-hydrogen) atoms. The zero-order valence-corrected chi connectivity index (χ0v) is 10.2. The standard InChI is InChI=1S/C12H8F3N3O2/c1-20-10-4-9(17-6-18-10)11(19)7-5-16-3-2-8(7)12(13,14)15/h2-6H,1H3. The second-order valence-corrected chi connectivity index (χ2v) is 3.69. The van der Waals surface area contributed by atoms with E-state index in [0.29, 0.717) is 0 Å². The molecule has 0 atom stereocenters. The number of hydrogen-bond donors (Lipinski definition) is 0. The number of hydrogen-bond acceptors (Lipinski definition) is 5. The van der Waals surface area contributed by atoms with E-state index in [0.717, 1.165) is 30.9 Å². The van der Waals surface area contributed by atoms with E-state index < -0.39 is 23.1 Å². The van der Waals surface area contributed by atoms with Gasteiger partial charge in [0.1, 0.15) is 12.0 Å². The van der Waals surface area contributed by atoms with Crippen molar-refractivity contribution in [3.63, 3.8) is 0 Å². The molecule has 0 aliphatic heterocycles. The first-order chi connectivity index (χ1) is 9.43. The predicted octanol–water partition coefficient (Wildman–Crippen LogP) is 2.13. The molecule has 0 amide bonds. The maximum absolute atomic E-state index is 12.8. The number of nitrogens with zero attached hydrogens (tertiary/aromatic N) is 3. The number of ketones is 1. The lowest BCUT2D eigenvalue weighted by molar-refractivity contribution is -0.137. The number of pyridine rings is 1. The average molecular weight is 283 g/mol. The Bertz CT molecular complexity index is 644. The fourth-order valence-electron chi connectivity index (χ4n) is 1.54. The van der Waals surface area contributed by atoms with Gasteiger partial charge < -0.3 is 4.74 Å². The number of methoxy groups -OCH3 is 1. The predicted molar refractivity (Wildman–Crippen MR) is 61.3 cm³/mol. The van der Waals surface area contributed by atoms with Crippen LogP contribution in [0.3, 0.4) is 0 Å². The van der Waals surface area contributed by atoms with Crippen LogP contribution < -0.4 is 4.74 Å². The Morgan fingerprint density at radius 2 is 2.05 bits per heavy atom. The maximum Gasteiger partial charge on any atom is 0.417 e. The molecule has 0 radical (unpaired) electrons. The Balaban J connectivity index is 2.48. The monoisotopic (exact) mass is 283 g/mol. The number of carbonyl (C=O) groups is 1. The molecule has 5 nitrogen and oxygen atoms in total. The summed E-state index contributed by atoms with van der Waals surface area (Å²) in [7, 11) is 1.32. The lowest BCUT2D eigenvalue weighted by atomic mass is 10.0. The fourth-order valence-corrected chi connectivity index (χ4v) is 1.54. The Morgan fingerprint density at radius 1 is 1.30 bits per heavy atom. The van der Waals surface area contributed by atoms with E-state index in [1.165, 1.54) is 7.11 Å². The summed E-state index contributed by atoms with van der Waals surface area (Å²) in [6, 6.07) is 1.90. The van der Waals surface area contributed by atoms with Crippen LogP contribution in [0.5, 0.6) is 5.88 Å². The minimum absolute atomic E-state index is 0.0841. The van der Waals surface area contributed by atoms with E-state index in [1.807, 2.05) is 0 Å². The van der Waals surface area contributed by atoms with Crippen molar-refractivity contribution >= 4 is 5.78 Å². The van der Waals surface area contributed by atoms with Gasteiger partial charge in [0.15, 0.2) is 0 Å². The Hall–Kier alpha value is -2.51. The lowest BCUT2D eigenvalue weighted by Crippen LogP contribution is -2.15. The molecule has 0 spiro atoms. The van der Waals surface area contributed by atoms with Crippen LogP contribution in [0, 0.1) is 0 Å². The summed E-state index contributed by atoms with van der Waals surface area (Å²) in [6.45, 7) is 0. The minimum Gasteiger partial charge on any atom is -0.481 e. The molecular weight excluding hydrogens is 275 g/mol. The van der Waals surface area contributed by atoms with Gasteiger partial charge in [-0.1, -0.05) is 0 Å². The van der Waals surface area contributed by atoms with Gasteiger partial charge in [-0.25, -0.2) is 9.97 Å². The normalized spacial score (nSPS) is 11.2. The molecule has 0 unspecified atom stereocenters. The van der Waals surface area contributed by atoms with Crippen LogP contribution in [0.1, 0.15) is 21.6 Å². The van der Waals surface area contributed by atoms with Crippen LogP contribution in [-0.2, 0) is 6.18 Å². The third kappa shape index (κ3) is 2.73. The van der Waals surface area contributed by atoms with Crippen LogP contribution in [0.4, 0.5) is 13.2 Å². The molecule has 0 bridgehead atoms. The molecule has 2 aromatic heterocycles. The van der Waals surface area contributed by atoms with Crippen molar-refractivity contribution in [3.05, 3.63) is 47.7 Å². The lowest BCUT2D eigenvalue weighted by Gasteiger charge is -2.10. The summed E-state index contributed by atoms with van der Waals surface area (Å²) in [5.74, 6) is -0.813. The number of carbonyl (C=O) groups excluding carboxylic acids is 1. The summed E-state index contributed by atoms with van der Waals surface area (Å²) in [4.78, 5) is 23.0. The molecule has 0 aliphatic carbocycles. The van der Waals surface area contributed by atoms with E-state index in [9.17, 15) is 18.0 Å². The van der Waals surface area contributed by atoms with Gasteiger partial charge in [-0.3, -0.25) is 9.78 Å². The zero-order valence-electron chi connectivity index (χ0n) is 10.2. The third-order valence-electron chi connectivity index (χ3n) is 2.45. The van der Waals surface area contributed by atoms with Gasteiger partial charge >= 0.3 is 6.18 Å². The van der Waals surface area contributed by atoms with E-state index in [2.05, 4.69) is 15.0 Å².